The molecule has 1 aliphatic heterocycles. The summed E-state index contributed by atoms with van der Waals surface area (Å²) >= 11 is 0. The van der Waals surface area contributed by atoms with Gasteiger partial charge in [0.2, 0.25) is 10.0 Å². The van der Waals surface area contributed by atoms with Gasteiger partial charge in [0.1, 0.15) is 27.2 Å². The van der Waals surface area contributed by atoms with Crippen LogP contribution in [-0.2, 0) is 24.8 Å². The van der Waals surface area contributed by atoms with Crippen molar-refractivity contribution in [3.8, 4) is 5.75 Å². The van der Waals surface area contributed by atoms with Gasteiger partial charge in [-0.1, -0.05) is 0 Å². The van der Waals surface area contributed by atoms with Crippen LogP contribution >= 0.6 is 0 Å². The van der Waals surface area contributed by atoms with Crippen molar-refractivity contribution in [1.82, 2.24) is 4.31 Å². The summed E-state index contributed by atoms with van der Waals surface area (Å²) in [6.07, 6.45) is 0. The Bertz CT molecular complexity index is 1120. The molecular weight excluding hydrogens is 430 g/mol. The van der Waals surface area contributed by atoms with E-state index in [1.165, 1.54) is 23.5 Å². The van der Waals surface area contributed by atoms with E-state index < -0.39 is 36.6 Å². The monoisotopic (exact) mass is 448 g/mol. The van der Waals surface area contributed by atoms with Gasteiger partial charge in [0.25, 0.3) is 10.0 Å². The first-order valence-electron chi connectivity index (χ1n) is 8.39. The molecule has 0 bridgehead atoms. The van der Waals surface area contributed by atoms with E-state index in [-0.39, 0.29) is 42.6 Å². The topological polar surface area (TPSA) is 102 Å². The standard InChI is InChI=1S/C17H18F2N2O6S2/c1-26-15-5-3-13(11-17(15)29(24,25)21-6-8-27-9-7-21)20-28(22,23)16-10-12(18)2-4-14(16)19/h2-5,10-11,20H,6-9H2,1H3. The van der Waals surface area contributed by atoms with Crippen molar-refractivity contribution < 1.29 is 35.1 Å². The van der Waals surface area contributed by atoms with Gasteiger partial charge < -0.3 is 9.47 Å². The van der Waals surface area contributed by atoms with Crippen LogP contribution in [0.5, 0.6) is 5.75 Å². The lowest BCUT2D eigenvalue weighted by molar-refractivity contribution is 0.0729. The number of sulfonamides is 2. The zero-order valence-electron chi connectivity index (χ0n) is 15.3. The Morgan fingerprint density at radius 3 is 2.34 bits per heavy atom. The summed E-state index contributed by atoms with van der Waals surface area (Å²) in [5, 5.41) is 0. The highest BCUT2D eigenvalue weighted by molar-refractivity contribution is 7.92. The molecule has 0 aliphatic carbocycles. The summed E-state index contributed by atoms with van der Waals surface area (Å²) in [4.78, 5) is -1.16. The molecule has 1 aliphatic rings. The molecular formula is C17H18F2N2O6S2. The first-order chi connectivity index (χ1) is 13.6. The van der Waals surface area contributed by atoms with Gasteiger partial charge in [-0.3, -0.25) is 4.72 Å². The first-order valence-corrected chi connectivity index (χ1v) is 11.3. The summed E-state index contributed by atoms with van der Waals surface area (Å²) in [7, 11) is -7.23. The highest BCUT2D eigenvalue weighted by Gasteiger charge is 2.30. The van der Waals surface area contributed by atoms with Gasteiger partial charge in [0, 0.05) is 13.1 Å². The Morgan fingerprint density at radius 2 is 1.69 bits per heavy atom. The predicted molar refractivity (Wildman–Crippen MR) is 99.7 cm³/mol. The normalized spacial score (nSPS) is 15.8. The van der Waals surface area contributed by atoms with Crippen LogP contribution in [0.25, 0.3) is 0 Å². The molecule has 0 amide bonds. The second-order valence-electron chi connectivity index (χ2n) is 6.06. The van der Waals surface area contributed by atoms with Crippen LogP contribution in [0.4, 0.5) is 14.5 Å². The van der Waals surface area contributed by atoms with E-state index in [2.05, 4.69) is 4.72 Å². The number of nitrogens with zero attached hydrogens (tertiary/aromatic N) is 1. The van der Waals surface area contributed by atoms with E-state index in [1.54, 1.807) is 0 Å². The molecule has 0 radical (unpaired) electrons. The zero-order valence-corrected chi connectivity index (χ0v) is 16.9. The Hall–Kier alpha value is -2.28. The maximum absolute atomic E-state index is 13.9. The van der Waals surface area contributed by atoms with E-state index in [0.717, 1.165) is 12.1 Å². The Kier molecular flexibility index (Phi) is 6.08. The van der Waals surface area contributed by atoms with Crippen molar-refractivity contribution in [2.45, 2.75) is 9.79 Å². The fourth-order valence-electron chi connectivity index (χ4n) is 2.76. The van der Waals surface area contributed by atoms with Crippen LogP contribution in [0.1, 0.15) is 0 Å². The van der Waals surface area contributed by atoms with Crippen LogP contribution < -0.4 is 9.46 Å². The molecule has 12 heteroatoms. The number of methoxy groups -OCH3 is 1. The van der Waals surface area contributed by atoms with Crippen molar-refractivity contribution in [1.29, 1.82) is 0 Å². The molecule has 1 heterocycles. The van der Waals surface area contributed by atoms with E-state index in [0.29, 0.717) is 12.1 Å². The molecule has 0 atom stereocenters. The lowest BCUT2D eigenvalue weighted by Crippen LogP contribution is -2.40. The van der Waals surface area contributed by atoms with Crippen LogP contribution in [0.15, 0.2) is 46.2 Å². The first kappa shape index (κ1) is 21.4. The number of morpholine rings is 1. The third kappa shape index (κ3) is 4.50. The van der Waals surface area contributed by atoms with Gasteiger partial charge in [-0.25, -0.2) is 25.6 Å². The second-order valence-corrected chi connectivity index (χ2v) is 9.62. The van der Waals surface area contributed by atoms with E-state index >= 15 is 0 Å². The van der Waals surface area contributed by atoms with Gasteiger partial charge >= 0.3 is 0 Å². The minimum Gasteiger partial charge on any atom is -0.495 e. The highest BCUT2D eigenvalue weighted by atomic mass is 32.2. The quantitative estimate of drug-likeness (QED) is 0.723. The Morgan fingerprint density at radius 1 is 1.00 bits per heavy atom. The Labute approximate surface area is 167 Å². The van der Waals surface area contributed by atoms with Crippen LogP contribution in [0.3, 0.4) is 0 Å². The zero-order chi connectivity index (χ0) is 21.2. The van der Waals surface area contributed by atoms with Crippen molar-refractivity contribution in [3.05, 3.63) is 48.0 Å². The summed E-state index contributed by atoms with van der Waals surface area (Å²) in [5.74, 6) is -2.07. The SMILES string of the molecule is COc1ccc(NS(=O)(=O)c2cc(F)ccc2F)cc1S(=O)(=O)N1CCOCC1. The summed E-state index contributed by atoms with van der Waals surface area (Å²) in [6, 6.07) is 5.60. The maximum atomic E-state index is 13.9. The number of nitrogens with one attached hydrogen (secondary N) is 1. The lowest BCUT2D eigenvalue weighted by atomic mass is 10.3. The van der Waals surface area contributed by atoms with E-state index in [4.69, 9.17) is 9.47 Å². The molecule has 1 N–H and O–H groups in total. The molecule has 29 heavy (non-hydrogen) atoms. The largest absolute Gasteiger partial charge is 0.495 e. The Balaban J connectivity index is 1.99. The third-order valence-electron chi connectivity index (χ3n) is 4.19. The van der Waals surface area contributed by atoms with Crippen molar-refractivity contribution in [2.75, 3.05) is 38.1 Å². The number of rotatable bonds is 6. The van der Waals surface area contributed by atoms with Crippen LogP contribution in [-0.4, -0.2) is 54.6 Å². The molecule has 0 saturated carbocycles. The minimum atomic E-state index is -4.51. The number of benzene rings is 2. The lowest BCUT2D eigenvalue weighted by Gasteiger charge is -2.26. The van der Waals surface area contributed by atoms with Crippen molar-refractivity contribution in [2.24, 2.45) is 0 Å². The average molecular weight is 448 g/mol. The number of anilines is 1. The molecule has 1 fully saturated rings. The fraction of sp³-hybridized carbons (Fsp3) is 0.294. The molecule has 2 aromatic carbocycles. The number of halogens is 2. The number of hydrogen-bond acceptors (Lipinski definition) is 6. The molecule has 158 valence electrons. The smallest absolute Gasteiger partial charge is 0.264 e. The summed E-state index contributed by atoms with van der Waals surface area (Å²) in [5.41, 5.74) is -0.152. The third-order valence-corrected chi connectivity index (χ3v) is 7.50. The number of ether oxygens (including phenoxy) is 2. The molecule has 0 spiro atoms. The van der Waals surface area contributed by atoms with E-state index in [9.17, 15) is 25.6 Å². The highest BCUT2D eigenvalue weighted by Crippen LogP contribution is 2.31. The molecule has 0 unspecified atom stereocenters. The van der Waals surface area contributed by atoms with Crippen LogP contribution in [0.2, 0.25) is 0 Å². The second kappa shape index (κ2) is 8.22. The van der Waals surface area contributed by atoms with Gasteiger partial charge in [-0.05, 0) is 36.4 Å². The van der Waals surface area contributed by atoms with Gasteiger partial charge in [0.15, 0.2) is 0 Å². The summed E-state index contributed by atoms with van der Waals surface area (Å²) in [6.45, 7) is 0.727. The maximum Gasteiger partial charge on any atom is 0.264 e. The van der Waals surface area contributed by atoms with E-state index in [1.807, 2.05) is 0 Å². The van der Waals surface area contributed by atoms with Crippen molar-refractivity contribution >= 4 is 25.7 Å². The van der Waals surface area contributed by atoms with Gasteiger partial charge in [-0.2, -0.15) is 4.31 Å². The average Bonchev–Trinajstić information content (AvgIpc) is 2.70. The predicted octanol–water partition coefficient (Wildman–Crippen LogP) is 1.80. The van der Waals surface area contributed by atoms with Crippen molar-refractivity contribution in [3.63, 3.8) is 0 Å². The molecule has 3 rings (SSSR count). The van der Waals surface area contributed by atoms with Gasteiger partial charge in [-0.15, -0.1) is 0 Å². The van der Waals surface area contributed by atoms with Gasteiger partial charge in [0.05, 0.1) is 26.0 Å². The molecule has 2 aromatic rings. The number of hydrogen-bond donors (Lipinski definition) is 1. The molecule has 0 aromatic heterocycles. The summed E-state index contributed by atoms with van der Waals surface area (Å²) < 4.78 is 91.6. The van der Waals surface area contributed by atoms with Crippen LogP contribution in [0, 0.1) is 11.6 Å². The minimum absolute atomic E-state index is 0.0105. The fourth-order valence-corrected chi connectivity index (χ4v) is 5.49. The molecule has 8 nitrogen and oxygen atoms in total. The molecule has 1 saturated heterocycles.